The summed E-state index contributed by atoms with van der Waals surface area (Å²) in [5.41, 5.74) is 5.83. The molecule has 1 aromatic rings. The first kappa shape index (κ1) is 7.69. The lowest BCUT2D eigenvalue weighted by Crippen LogP contribution is -2.16. The number of hydrogen-bond donors (Lipinski definition) is 1. The highest BCUT2D eigenvalue weighted by Crippen LogP contribution is 2.19. The molecular weight excluding hydrogens is 144 g/mol. The van der Waals surface area contributed by atoms with Crippen molar-refractivity contribution in [2.45, 2.75) is 19.9 Å². The molecule has 0 spiro atoms. The van der Waals surface area contributed by atoms with Crippen molar-refractivity contribution in [2.75, 3.05) is 0 Å². The van der Waals surface area contributed by atoms with E-state index in [1.165, 1.54) is 0 Å². The van der Waals surface area contributed by atoms with Crippen LogP contribution in [0.4, 0.5) is 0 Å². The van der Waals surface area contributed by atoms with Crippen molar-refractivity contribution in [1.82, 2.24) is 4.98 Å². The first-order chi connectivity index (χ1) is 4.72. The summed E-state index contributed by atoms with van der Waals surface area (Å²) in [5.74, 6) is 0.478. The predicted octanol–water partition coefficient (Wildman–Crippen LogP) is 1.80. The quantitative estimate of drug-likeness (QED) is 0.709. The summed E-state index contributed by atoms with van der Waals surface area (Å²) in [6.45, 7) is 4.21. The van der Waals surface area contributed by atoms with Crippen LogP contribution in [0.3, 0.4) is 0 Å². The SMILES string of the molecule is CC(C)[C@@H](N)c1nccs1. The Bertz CT molecular complexity index is 181. The maximum absolute atomic E-state index is 5.83. The Morgan fingerprint density at radius 3 is 2.70 bits per heavy atom. The van der Waals surface area contributed by atoms with E-state index >= 15 is 0 Å². The Kier molecular flexibility index (Phi) is 2.40. The van der Waals surface area contributed by atoms with Crippen LogP contribution in [0.15, 0.2) is 11.6 Å². The number of nitrogens with two attached hydrogens (primary N) is 1. The third-order valence-electron chi connectivity index (χ3n) is 1.45. The Hall–Kier alpha value is -0.410. The lowest BCUT2D eigenvalue weighted by molar-refractivity contribution is 0.512. The molecule has 2 nitrogen and oxygen atoms in total. The summed E-state index contributed by atoms with van der Waals surface area (Å²) in [7, 11) is 0. The zero-order valence-electron chi connectivity index (χ0n) is 6.24. The van der Waals surface area contributed by atoms with E-state index in [1.807, 2.05) is 5.38 Å². The molecular formula is C7H12N2S. The normalized spacial score (nSPS) is 14.0. The minimum atomic E-state index is 0.111. The molecule has 0 fully saturated rings. The highest BCUT2D eigenvalue weighted by atomic mass is 32.1. The van der Waals surface area contributed by atoms with Gasteiger partial charge in [-0.1, -0.05) is 13.8 Å². The van der Waals surface area contributed by atoms with E-state index in [-0.39, 0.29) is 6.04 Å². The van der Waals surface area contributed by atoms with E-state index in [2.05, 4.69) is 18.8 Å². The first-order valence-corrected chi connectivity index (χ1v) is 4.24. The van der Waals surface area contributed by atoms with Gasteiger partial charge in [0.1, 0.15) is 5.01 Å². The fourth-order valence-corrected chi connectivity index (χ4v) is 1.50. The zero-order valence-corrected chi connectivity index (χ0v) is 7.06. The molecule has 0 saturated heterocycles. The van der Waals surface area contributed by atoms with Crippen molar-refractivity contribution in [3.63, 3.8) is 0 Å². The highest BCUT2D eigenvalue weighted by molar-refractivity contribution is 7.09. The molecule has 0 amide bonds. The Morgan fingerprint density at radius 1 is 1.60 bits per heavy atom. The van der Waals surface area contributed by atoms with Gasteiger partial charge in [-0.25, -0.2) is 4.98 Å². The van der Waals surface area contributed by atoms with Crippen molar-refractivity contribution >= 4 is 11.3 Å². The molecule has 2 N–H and O–H groups in total. The first-order valence-electron chi connectivity index (χ1n) is 3.37. The summed E-state index contributed by atoms with van der Waals surface area (Å²) in [6.07, 6.45) is 1.79. The summed E-state index contributed by atoms with van der Waals surface area (Å²) in [6, 6.07) is 0.111. The fourth-order valence-electron chi connectivity index (χ4n) is 0.684. The lowest BCUT2D eigenvalue weighted by atomic mass is 10.1. The fraction of sp³-hybridized carbons (Fsp3) is 0.571. The van der Waals surface area contributed by atoms with Crippen LogP contribution < -0.4 is 5.73 Å². The van der Waals surface area contributed by atoms with Gasteiger partial charge in [0.2, 0.25) is 0 Å². The second kappa shape index (κ2) is 3.12. The van der Waals surface area contributed by atoms with Gasteiger partial charge in [0.25, 0.3) is 0 Å². The number of nitrogens with zero attached hydrogens (tertiary/aromatic N) is 1. The van der Waals surface area contributed by atoms with Gasteiger partial charge in [0.05, 0.1) is 6.04 Å². The van der Waals surface area contributed by atoms with Crippen molar-refractivity contribution in [1.29, 1.82) is 0 Å². The minimum absolute atomic E-state index is 0.111. The third-order valence-corrected chi connectivity index (χ3v) is 2.33. The second-order valence-electron chi connectivity index (χ2n) is 2.64. The van der Waals surface area contributed by atoms with Crippen LogP contribution in [0.2, 0.25) is 0 Å². The minimum Gasteiger partial charge on any atom is -0.322 e. The van der Waals surface area contributed by atoms with Gasteiger partial charge in [-0.05, 0) is 5.92 Å². The van der Waals surface area contributed by atoms with Gasteiger partial charge in [-0.3, -0.25) is 0 Å². The molecule has 3 heteroatoms. The lowest BCUT2D eigenvalue weighted by Gasteiger charge is -2.11. The van der Waals surface area contributed by atoms with Gasteiger partial charge in [-0.2, -0.15) is 0 Å². The van der Waals surface area contributed by atoms with Crippen LogP contribution in [-0.4, -0.2) is 4.98 Å². The topological polar surface area (TPSA) is 38.9 Å². The van der Waals surface area contributed by atoms with Crippen LogP contribution in [0.5, 0.6) is 0 Å². The largest absolute Gasteiger partial charge is 0.322 e. The van der Waals surface area contributed by atoms with Crippen LogP contribution in [0.1, 0.15) is 24.9 Å². The van der Waals surface area contributed by atoms with Crippen molar-refractivity contribution in [3.8, 4) is 0 Å². The Labute approximate surface area is 65.1 Å². The third kappa shape index (κ3) is 1.55. The zero-order chi connectivity index (χ0) is 7.56. The molecule has 0 aromatic carbocycles. The van der Waals surface area contributed by atoms with E-state index in [1.54, 1.807) is 17.5 Å². The van der Waals surface area contributed by atoms with Crippen LogP contribution in [0.25, 0.3) is 0 Å². The van der Waals surface area contributed by atoms with E-state index in [9.17, 15) is 0 Å². The number of hydrogen-bond acceptors (Lipinski definition) is 3. The van der Waals surface area contributed by atoms with Crippen LogP contribution in [-0.2, 0) is 0 Å². The van der Waals surface area contributed by atoms with Gasteiger partial charge in [0.15, 0.2) is 0 Å². The molecule has 1 aromatic heterocycles. The molecule has 0 aliphatic rings. The summed E-state index contributed by atoms with van der Waals surface area (Å²) >= 11 is 1.62. The molecule has 56 valence electrons. The monoisotopic (exact) mass is 156 g/mol. The van der Waals surface area contributed by atoms with Crippen molar-refractivity contribution in [2.24, 2.45) is 11.7 Å². The maximum Gasteiger partial charge on any atom is 0.110 e. The Morgan fingerprint density at radius 2 is 2.30 bits per heavy atom. The molecule has 1 rings (SSSR count). The van der Waals surface area contributed by atoms with Gasteiger partial charge < -0.3 is 5.73 Å². The van der Waals surface area contributed by atoms with E-state index in [0.717, 1.165) is 5.01 Å². The number of rotatable bonds is 2. The highest BCUT2D eigenvalue weighted by Gasteiger charge is 2.11. The van der Waals surface area contributed by atoms with Crippen molar-refractivity contribution in [3.05, 3.63) is 16.6 Å². The summed E-state index contributed by atoms with van der Waals surface area (Å²) < 4.78 is 0. The number of aromatic nitrogens is 1. The smallest absolute Gasteiger partial charge is 0.110 e. The molecule has 0 unspecified atom stereocenters. The second-order valence-corrected chi connectivity index (χ2v) is 3.57. The average Bonchev–Trinajstić information content (AvgIpc) is 2.36. The molecule has 0 radical (unpaired) electrons. The Balaban J connectivity index is 2.68. The standard InChI is InChI=1S/C7H12N2S/c1-5(2)6(8)7-9-3-4-10-7/h3-6H,8H2,1-2H3/t6-/m1/s1. The molecule has 0 saturated carbocycles. The van der Waals surface area contributed by atoms with Crippen molar-refractivity contribution < 1.29 is 0 Å². The molecule has 0 aliphatic carbocycles. The van der Waals surface area contributed by atoms with Gasteiger partial charge >= 0.3 is 0 Å². The predicted molar refractivity (Wildman–Crippen MR) is 43.9 cm³/mol. The van der Waals surface area contributed by atoms with Gasteiger partial charge in [-0.15, -0.1) is 11.3 Å². The molecule has 1 atom stereocenters. The van der Waals surface area contributed by atoms with E-state index < -0.39 is 0 Å². The summed E-state index contributed by atoms with van der Waals surface area (Å²) in [4.78, 5) is 4.13. The van der Waals surface area contributed by atoms with E-state index in [0.29, 0.717) is 5.92 Å². The molecule has 1 heterocycles. The molecule has 0 bridgehead atoms. The van der Waals surface area contributed by atoms with E-state index in [4.69, 9.17) is 5.73 Å². The van der Waals surface area contributed by atoms with Crippen LogP contribution >= 0.6 is 11.3 Å². The maximum atomic E-state index is 5.83. The average molecular weight is 156 g/mol. The van der Waals surface area contributed by atoms with Crippen LogP contribution in [0, 0.1) is 5.92 Å². The van der Waals surface area contributed by atoms with Gasteiger partial charge in [0, 0.05) is 11.6 Å². The molecule has 0 aliphatic heterocycles. The molecule has 10 heavy (non-hydrogen) atoms. The summed E-state index contributed by atoms with van der Waals surface area (Å²) in [5, 5.41) is 2.99. The number of thiazole rings is 1.